The lowest BCUT2D eigenvalue weighted by molar-refractivity contribution is -0.697. The molecule has 0 bridgehead atoms. The number of aryl methyl sites for hydroxylation is 1. The van der Waals surface area contributed by atoms with Crippen molar-refractivity contribution in [3.8, 4) is 11.6 Å². The molecule has 0 radical (unpaired) electrons. The second-order valence-corrected chi connectivity index (χ2v) is 4.52. The van der Waals surface area contributed by atoms with E-state index < -0.39 is 0 Å². The van der Waals surface area contributed by atoms with Crippen LogP contribution in [0.1, 0.15) is 32.4 Å². The molecule has 1 heterocycles. The highest BCUT2D eigenvalue weighted by atomic mass is 16.3. The first kappa shape index (κ1) is 11.7. The number of fused-ring (bicyclic) bond motifs is 1. The predicted molar refractivity (Wildman–Crippen MR) is 67.2 cm³/mol. The number of hydrogen-bond acceptors (Lipinski definition) is 2. The van der Waals surface area contributed by atoms with Crippen LogP contribution in [0.3, 0.4) is 0 Å². The maximum Gasteiger partial charge on any atom is 0.409 e. The molecule has 0 spiro atoms. The Balaban J connectivity index is 2.91. The highest BCUT2D eigenvalue weighted by Gasteiger charge is 2.23. The summed E-state index contributed by atoms with van der Waals surface area (Å²) in [6, 6.07) is 7.73. The Kier molecular flexibility index (Phi) is 2.92. The van der Waals surface area contributed by atoms with Crippen LogP contribution in [-0.4, -0.2) is 10.2 Å². The summed E-state index contributed by atoms with van der Waals surface area (Å²) in [5, 5.41) is 20.7. The first-order chi connectivity index (χ1) is 8.06. The number of rotatable bonds is 2. The van der Waals surface area contributed by atoms with Crippen molar-refractivity contribution < 1.29 is 14.8 Å². The molecule has 0 amide bonds. The van der Waals surface area contributed by atoms with Crippen LogP contribution in [0.2, 0.25) is 0 Å². The monoisotopic (exact) mass is 232 g/mol. The zero-order valence-electron chi connectivity index (χ0n) is 10.4. The van der Waals surface area contributed by atoms with Gasteiger partial charge < -0.3 is 10.2 Å². The van der Waals surface area contributed by atoms with Gasteiger partial charge in [-0.05, 0) is 25.8 Å². The molecule has 90 valence electrons. The summed E-state index contributed by atoms with van der Waals surface area (Å²) in [6.45, 7) is 6.05. The Bertz CT molecular complexity index is 562. The van der Waals surface area contributed by atoms with Crippen molar-refractivity contribution >= 4 is 10.9 Å². The maximum absolute atomic E-state index is 9.94. The zero-order valence-corrected chi connectivity index (χ0v) is 10.4. The van der Waals surface area contributed by atoms with Crippen molar-refractivity contribution in [2.24, 2.45) is 0 Å². The van der Waals surface area contributed by atoms with Gasteiger partial charge in [0, 0.05) is 12.1 Å². The molecule has 3 nitrogen and oxygen atoms in total. The highest BCUT2D eigenvalue weighted by Crippen LogP contribution is 2.28. The van der Waals surface area contributed by atoms with Gasteiger partial charge in [0.1, 0.15) is 0 Å². The number of nitrogens with zero attached hydrogens (tertiary/aromatic N) is 1. The minimum Gasteiger partial charge on any atom is -0.500 e. The molecular formula is C14H18NO2+. The Morgan fingerprint density at radius 3 is 2.53 bits per heavy atom. The van der Waals surface area contributed by atoms with Crippen LogP contribution in [0.5, 0.6) is 11.6 Å². The second kappa shape index (κ2) is 4.24. The van der Waals surface area contributed by atoms with Crippen LogP contribution in [-0.2, 0) is 6.42 Å². The molecule has 3 heteroatoms. The van der Waals surface area contributed by atoms with E-state index in [1.807, 2.05) is 32.0 Å². The van der Waals surface area contributed by atoms with E-state index in [9.17, 15) is 10.2 Å². The minimum absolute atomic E-state index is 0.0629. The first-order valence-electron chi connectivity index (χ1n) is 5.94. The van der Waals surface area contributed by atoms with Gasteiger partial charge in [-0.15, -0.1) is 0 Å². The predicted octanol–water partition coefficient (Wildman–Crippen LogP) is 2.68. The number of pyridine rings is 1. The summed E-state index contributed by atoms with van der Waals surface area (Å²) >= 11 is 0. The fraction of sp³-hybridized carbons (Fsp3) is 0.357. The van der Waals surface area contributed by atoms with Crippen LogP contribution in [0.25, 0.3) is 10.9 Å². The van der Waals surface area contributed by atoms with Crippen LogP contribution in [0.4, 0.5) is 0 Å². The molecule has 0 fully saturated rings. The molecular weight excluding hydrogens is 214 g/mol. The number of hydrogen-bond donors (Lipinski definition) is 2. The molecule has 2 N–H and O–H groups in total. The summed E-state index contributed by atoms with van der Waals surface area (Å²) < 4.78 is 1.75. The summed E-state index contributed by atoms with van der Waals surface area (Å²) in [4.78, 5) is 0. The smallest absolute Gasteiger partial charge is 0.409 e. The van der Waals surface area contributed by atoms with Gasteiger partial charge in [0.15, 0.2) is 6.04 Å². The molecule has 0 aliphatic rings. The van der Waals surface area contributed by atoms with E-state index in [-0.39, 0.29) is 17.7 Å². The van der Waals surface area contributed by atoms with Gasteiger partial charge in [-0.1, -0.05) is 19.1 Å². The van der Waals surface area contributed by atoms with Crippen LogP contribution < -0.4 is 4.57 Å². The molecule has 1 aromatic carbocycles. The molecule has 1 aromatic heterocycles. The van der Waals surface area contributed by atoms with Crippen molar-refractivity contribution in [1.82, 2.24) is 0 Å². The third-order valence-electron chi connectivity index (χ3n) is 3.07. The van der Waals surface area contributed by atoms with E-state index in [1.54, 1.807) is 10.6 Å². The molecule has 0 unspecified atom stereocenters. The van der Waals surface area contributed by atoms with Gasteiger partial charge >= 0.3 is 5.88 Å². The van der Waals surface area contributed by atoms with Crippen molar-refractivity contribution in [2.75, 3.05) is 0 Å². The summed E-state index contributed by atoms with van der Waals surface area (Å²) in [5.74, 6) is -0.132. The molecule has 0 atom stereocenters. The molecule has 17 heavy (non-hydrogen) atoms. The van der Waals surface area contributed by atoms with Crippen LogP contribution >= 0.6 is 0 Å². The summed E-state index contributed by atoms with van der Waals surface area (Å²) in [6.07, 6.45) is 0.902. The summed E-state index contributed by atoms with van der Waals surface area (Å²) in [5.41, 5.74) is 2.13. The van der Waals surface area contributed by atoms with Crippen molar-refractivity contribution in [2.45, 2.75) is 33.2 Å². The van der Waals surface area contributed by atoms with E-state index in [1.165, 1.54) is 5.56 Å². The van der Waals surface area contributed by atoms with E-state index in [0.717, 1.165) is 17.3 Å². The topological polar surface area (TPSA) is 44.3 Å². The molecule has 2 rings (SSSR count). The number of aromatic hydroxyl groups is 2. The van der Waals surface area contributed by atoms with Gasteiger partial charge in [-0.25, -0.2) is 0 Å². The van der Waals surface area contributed by atoms with Crippen molar-refractivity contribution in [3.05, 3.63) is 29.8 Å². The Morgan fingerprint density at radius 1 is 1.24 bits per heavy atom. The Labute approximate surface area is 101 Å². The Morgan fingerprint density at radius 2 is 1.94 bits per heavy atom. The molecule has 0 aliphatic heterocycles. The van der Waals surface area contributed by atoms with Crippen molar-refractivity contribution in [1.29, 1.82) is 0 Å². The molecule has 2 aromatic rings. The van der Waals surface area contributed by atoms with Gasteiger partial charge in [0.2, 0.25) is 11.3 Å². The molecule has 0 saturated carbocycles. The summed E-state index contributed by atoms with van der Waals surface area (Å²) in [7, 11) is 0. The highest BCUT2D eigenvalue weighted by molar-refractivity contribution is 5.81. The number of aromatic nitrogens is 1. The normalized spacial score (nSPS) is 11.3. The minimum atomic E-state index is -0.0687. The van der Waals surface area contributed by atoms with E-state index >= 15 is 0 Å². The van der Waals surface area contributed by atoms with Crippen molar-refractivity contribution in [3.63, 3.8) is 0 Å². The third-order valence-corrected chi connectivity index (χ3v) is 3.07. The van der Waals surface area contributed by atoms with Gasteiger partial charge in [-0.2, -0.15) is 4.57 Å². The maximum atomic E-state index is 9.94. The quantitative estimate of drug-likeness (QED) is 0.782. The first-order valence-corrected chi connectivity index (χ1v) is 5.94. The van der Waals surface area contributed by atoms with Crippen LogP contribution in [0.15, 0.2) is 24.3 Å². The standard InChI is InChI=1S/C14H17NO2/c1-4-10-6-5-7-12-11(10)8-13(16)14(17)15(12)9(2)3/h5-9,16H,4H2,1-3H3/p+1. The SMILES string of the molecule is CCc1cccc2c1cc(O)c(O)[n+]2C(C)C. The van der Waals surface area contributed by atoms with Gasteiger partial charge in [0.25, 0.3) is 0 Å². The largest absolute Gasteiger partial charge is 0.500 e. The average molecular weight is 232 g/mol. The fourth-order valence-corrected chi connectivity index (χ4v) is 2.25. The lowest BCUT2D eigenvalue weighted by Gasteiger charge is -2.09. The molecule has 0 saturated heterocycles. The Hall–Kier alpha value is -1.77. The third kappa shape index (κ3) is 1.82. The average Bonchev–Trinajstić information content (AvgIpc) is 2.29. The zero-order chi connectivity index (χ0) is 12.6. The van der Waals surface area contributed by atoms with E-state index in [0.29, 0.717) is 0 Å². The number of benzene rings is 1. The van der Waals surface area contributed by atoms with Gasteiger partial charge in [-0.3, -0.25) is 0 Å². The van der Waals surface area contributed by atoms with Crippen LogP contribution in [0, 0.1) is 0 Å². The van der Waals surface area contributed by atoms with Gasteiger partial charge in [0.05, 0.1) is 5.39 Å². The molecule has 0 aliphatic carbocycles. The second-order valence-electron chi connectivity index (χ2n) is 4.52. The van der Waals surface area contributed by atoms with E-state index in [4.69, 9.17) is 0 Å². The van der Waals surface area contributed by atoms with E-state index in [2.05, 4.69) is 6.92 Å². The lowest BCUT2D eigenvalue weighted by atomic mass is 10.1. The fourth-order valence-electron chi connectivity index (χ4n) is 2.25. The lowest BCUT2D eigenvalue weighted by Crippen LogP contribution is -2.37.